The average Bonchev–Trinajstić information content (AvgIpc) is 3.06. The Bertz CT molecular complexity index is 1440. The van der Waals surface area contributed by atoms with Crippen molar-refractivity contribution in [3.05, 3.63) is 138 Å². The van der Waals surface area contributed by atoms with E-state index < -0.39 is 18.1 Å². The first-order valence-corrected chi connectivity index (χ1v) is 14.7. The topological polar surface area (TPSA) is 106 Å². The molecule has 2 atom stereocenters. The quantitative estimate of drug-likeness (QED) is 0.158. The number of amides is 3. The molecule has 4 rings (SSSR count). The summed E-state index contributed by atoms with van der Waals surface area (Å²) in [5, 5.41) is 8.78. The number of hydrogen-bond acceptors (Lipinski definition) is 5. The third-order valence-electron chi connectivity index (χ3n) is 7.27. The third kappa shape index (κ3) is 9.46. The molecule has 4 aromatic rings. The minimum Gasteiger partial charge on any atom is -0.497 e. The van der Waals surface area contributed by atoms with Gasteiger partial charge in [0.05, 0.1) is 19.1 Å². The molecule has 0 aliphatic rings. The number of rotatable bonds is 14. The molecular formula is C36H39N3O5. The fraction of sp³-hybridized carbons (Fsp3) is 0.250. The lowest BCUT2D eigenvalue weighted by Gasteiger charge is -2.25. The molecule has 4 aromatic carbocycles. The summed E-state index contributed by atoms with van der Waals surface area (Å²) in [5.74, 6) is -0.520. The Morgan fingerprint density at radius 2 is 1.30 bits per heavy atom. The van der Waals surface area contributed by atoms with Gasteiger partial charge in [-0.25, -0.2) is 4.79 Å². The molecular weight excluding hydrogens is 554 g/mol. The van der Waals surface area contributed by atoms with Gasteiger partial charge in [0.15, 0.2) is 0 Å². The minimum atomic E-state index is -0.840. The summed E-state index contributed by atoms with van der Waals surface area (Å²) < 4.78 is 10.6. The van der Waals surface area contributed by atoms with Gasteiger partial charge in [0.1, 0.15) is 18.4 Å². The van der Waals surface area contributed by atoms with Gasteiger partial charge in [-0.1, -0.05) is 103 Å². The molecule has 8 nitrogen and oxygen atoms in total. The van der Waals surface area contributed by atoms with Gasteiger partial charge in [0.2, 0.25) is 11.8 Å². The number of alkyl carbamates (subject to hydrolysis) is 1. The van der Waals surface area contributed by atoms with Crippen LogP contribution in [0.4, 0.5) is 4.79 Å². The van der Waals surface area contributed by atoms with Gasteiger partial charge in [-0.05, 0) is 54.2 Å². The summed E-state index contributed by atoms with van der Waals surface area (Å²) in [4.78, 5) is 39.7. The lowest BCUT2D eigenvalue weighted by atomic mass is 9.90. The standard InChI is InChI=1S/C36H39N3O5/c1-26(30-20-12-21-31(24-30)43-2)38-34(40)32(22-13-23-37-36(42)44-25-27-14-6-3-7-15-27)39-35(41)33(28-16-8-4-9-17-28)29-18-10-5-11-19-29/h3-12,14-21,24,26,32-33H,13,22-23,25H2,1-2H3,(H,37,42)(H,38,40)(H,39,41)/t26-,32+/m0/s1. The molecule has 44 heavy (non-hydrogen) atoms. The molecule has 3 N–H and O–H groups in total. The van der Waals surface area contributed by atoms with Gasteiger partial charge in [-0.15, -0.1) is 0 Å². The Hall–Kier alpha value is -5.11. The SMILES string of the molecule is COc1cccc([C@H](C)NC(=O)[C@@H](CCCNC(=O)OCc2ccccc2)NC(=O)C(c2ccccc2)c2ccccc2)c1. The van der Waals surface area contributed by atoms with Crippen LogP contribution < -0.4 is 20.7 Å². The number of carbonyl (C=O) groups is 3. The maximum Gasteiger partial charge on any atom is 0.407 e. The van der Waals surface area contributed by atoms with E-state index in [1.54, 1.807) is 7.11 Å². The molecule has 0 aromatic heterocycles. The van der Waals surface area contributed by atoms with Crippen LogP contribution in [0.5, 0.6) is 5.75 Å². The predicted molar refractivity (Wildman–Crippen MR) is 170 cm³/mol. The van der Waals surface area contributed by atoms with E-state index in [2.05, 4.69) is 16.0 Å². The summed E-state index contributed by atoms with van der Waals surface area (Å²) in [5.41, 5.74) is 3.40. The van der Waals surface area contributed by atoms with E-state index in [1.165, 1.54) is 0 Å². The van der Waals surface area contributed by atoms with E-state index >= 15 is 0 Å². The van der Waals surface area contributed by atoms with Gasteiger partial charge in [-0.3, -0.25) is 9.59 Å². The minimum absolute atomic E-state index is 0.163. The van der Waals surface area contributed by atoms with Crippen LogP contribution in [0.25, 0.3) is 0 Å². The Morgan fingerprint density at radius 1 is 0.705 bits per heavy atom. The van der Waals surface area contributed by atoms with Crippen molar-refractivity contribution in [3.63, 3.8) is 0 Å². The van der Waals surface area contributed by atoms with E-state index in [0.717, 1.165) is 22.3 Å². The first kappa shape index (κ1) is 31.8. The van der Waals surface area contributed by atoms with Crippen molar-refractivity contribution in [1.82, 2.24) is 16.0 Å². The van der Waals surface area contributed by atoms with Crippen LogP contribution in [0.15, 0.2) is 115 Å². The maximum atomic E-state index is 13.9. The molecule has 0 aliphatic carbocycles. The van der Waals surface area contributed by atoms with Gasteiger partial charge in [-0.2, -0.15) is 0 Å². The number of carbonyl (C=O) groups excluding carboxylic acids is 3. The van der Waals surface area contributed by atoms with E-state index in [-0.39, 0.29) is 31.0 Å². The third-order valence-corrected chi connectivity index (χ3v) is 7.27. The van der Waals surface area contributed by atoms with Crippen molar-refractivity contribution in [2.75, 3.05) is 13.7 Å². The fourth-order valence-corrected chi connectivity index (χ4v) is 4.89. The summed E-state index contributed by atoms with van der Waals surface area (Å²) in [6.45, 7) is 2.32. The van der Waals surface area contributed by atoms with Gasteiger partial charge in [0.25, 0.3) is 0 Å². The zero-order valence-electron chi connectivity index (χ0n) is 25.1. The first-order chi connectivity index (χ1) is 21.4. The lowest BCUT2D eigenvalue weighted by molar-refractivity contribution is -0.129. The molecule has 0 aliphatic heterocycles. The normalized spacial score (nSPS) is 12.1. The van der Waals surface area contributed by atoms with Crippen molar-refractivity contribution >= 4 is 17.9 Å². The largest absolute Gasteiger partial charge is 0.497 e. The summed E-state index contributed by atoms with van der Waals surface area (Å²) in [6, 6.07) is 34.7. The van der Waals surface area contributed by atoms with Crippen molar-refractivity contribution < 1.29 is 23.9 Å². The van der Waals surface area contributed by atoms with Crippen LogP contribution in [0.3, 0.4) is 0 Å². The molecule has 0 radical (unpaired) electrons. The second kappa shape index (κ2) is 16.5. The van der Waals surface area contributed by atoms with Crippen LogP contribution in [-0.4, -0.2) is 37.6 Å². The highest BCUT2D eigenvalue weighted by Crippen LogP contribution is 2.25. The molecule has 0 saturated carbocycles. The number of ether oxygens (including phenoxy) is 2. The number of hydrogen-bond donors (Lipinski definition) is 3. The number of methoxy groups -OCH3 is 1. The van der Waals surface area contributed by atoms with Crippen molar-refractivity contribution in [3.8, 4) is 5.75 Å². The summed E-state index contributed by atoms with van der Waals surface area (Å²) in [6.07, 6.45) is 0.199. The molecule has 8 heteroatoms. The molecule has 0 saturated heterocycles. The fourth-order valence-electron chi connectivity index (χ4n) is 4.89. The predicted octanol–water partition coefficient (Wildman–Crippen LogP) is 5.90. The van der Waals surface area contributed by atoms with E-state index in [4.69, 9.17) is 9.47 Å². The molecule has 228 valence electrons. The second-order valence-electron chi connectivity index (χ2n) is 10.5. The summed E-state index contributed by atoms with van der Waals surface area (Å²) in [7, 11) is 1.59. The molecule has 0 bridgehead atoms. The van der Waals surface area contributed by atoms with E-state index in [9.17, 15) is 14.4 Å². The highest BCUT2D eigenvalue weighted by molar-refractivity contribution is 5.92. The number of nitrogens with one attached hydrogen (secondary N) is 3. The smallest absolute Gasteiger partial charge is 0.407 e. The Labute approximate surface area is 258 Å². The average molecular weight is 594 g/mol. The van der Waals surface area contributed by atoms with Crippen LogP contribution in [-0.2, 0) is 20.9 Å². The van der Waals surface area contributed by atoms with E-state index in [1.807, 2.05) is 122 Å². The Morgan fingerprint density at radius 3 is 1.91 bits per heavy atom. The van der Waals surface area contributed by atoms with Crippen LogP contribution >= 0.6 is 0 Å². The molecule has 0 fully saturated rings. The van der Waals surface area contributed by atoms with Crippen LogP contribution in [0, 0.1) is 0 Å². The molecule has 0 heterocycles. The van der Waals surface area contributed by atoms with Crippen molar-refractivity contribution in [2.45, 2.75) is 44.4 Å². The van der Waals surface area contributed by atoms with Crippen molar-refractivity contribution in [2.24, 2.45) is 0 Å². The van der Waals surface area contributed by atoms with Crippen LogP contribution in [0.1, 0.15) is 54.0 Å². The first-order valence-electron chi connectivity index (χ1n) is 14.7. The Kier molecular flexibility index (Phi) is 11.9. The number of benzene rings is 4. The highest BCUT2D eigenvalue weighted by Gasteiger charge is 2.28. The molecule has 0 unspecified atom stereocenters. The van der Waals surface area contributed by atoms with E-state index in [0.29, 0.717) is 18.6 Å². The van der Waals surface area contributed by atoms with Crippen molar-refractivity contribution in [1.29, 1.82) is 0 Å². The van der Waals surface area contributed by atoms with Gasteiger partial charge in [0, 0.05) is 6.54 Å². The van der Waals surface area contributed by atoms with Gasteiger partial charge < -0.3 is 25.4 Å². The molecule has 0 spiro atoms. The molecule has 3 amide bonds. The van der Waals surface area contributed by atoms with Crippen LogP contribution in [0.2, 0.25) is 0 Å². The Balaban J connectivity index is 1.44. The lowest BCUT2D eigenvalue weighted by Crippen LogP contribution is -2.49. The zero-order valence-corrected chi connectivity index (χ0v) is 25.1. The maximum absolute atomic E-state index is 13.9. The zero-order chi connectivity index (χ0) is 31.1. The monoisotopic (exact) mass is 593 g/mol. The van der Waals surface area contributed by atoms with Gasteiger partial charge >= 0.3 is 6.09 Å². The highest BCUT2D eigenvalue weighted by atomic mass is 16.5. The second-order valence-corrected chi connectivity index (χ2v) is 10.5. The summed E-state index contributed by atoms with van der Waals surface area (Å²) >= 11 is 0.